The van der Waals surface area contributed by atoms with Gasteiger partial charge in [-0.25, -0.2) is 9.38 Å². The molecule has 2 aromatic carbocycles. The zero-order chi connectivity index (χ0) is 22.1. The van der Waals surface area contributed by atoms with Gasteiger partial charge in [-0.3, -0.25) is 14.4 Å². The first-order valence-corrected chi connectivity index (χ1v) is 10.8. The van der Waals surface area contributed by atoms with Crippen LogP contribution in [0.15, 0.2) is 45.7 Å². The van der Waals surface area contributed by atoms with E-state index in [9.17, 15) is 14.4 Å². The van der Waals surface area contributed by atoms with Crippen molar-refractivity contribution in [2.75, 3.05) is 6.61 Å². The number of rotatable bonds is 6. The standard InChI is InChI=1S/C21H15BrN2O6S/c1-2-29-15-7-11(12(22)9-16(15)30-19(27)10-18(25)26)8-17-20(28)24-14-6-4-3-5-13(14)23-21(24)31-17/h3-9H,2,10H2,1H3,(H,25,26)/b17-8-. The number of imidazole rings is 1. The van der Waals surface area contributed by atoms with E-state index < -0.39 is 18.4 Å². The van der Waals surface area contributed by atoms with E-state index in [1.165, 1.54) is 17.4 Å². The predicted molar refractivity (Wildman–Crippen MR) is 119 cm³/mol. The molecule has 8 nitrogen and oxygen atoms in total. The van der Waals surface area contributed by atoms with Crippen LogP contribution in [0.2, 0.25) is 0 Å². The number of thiazole rings is 1. The number of carboxylic acids is 1. The summed E-state index contributed by atoms with van der Waals surface area (Å²) in [5, 5.41) is 8.75. The van der Waals surface area contributed by atoms with E-state index in [1.807, 2.05) is 24.3 Å². The molecular weight excluding hydrogens is 488 g/mol. The Morgan fingerprint density at radius 1 is 1.26 bits per heavy atom. The van der Waals surface area contributed by atoms with Crippen LogP contribution in [-0.4, -0.2) is 33.0 Å². The molecule has 0 saturated carbocycles. The lowest BCUT2D eigenvalue weighted by Gasteiger charge is -2.12. The molecule has 2 aromatic heterocycles. The Morgan fingerprint density at radius 3 is 2.77 bits per heavy atom. The summed E-state index contributed by atoms with van der Waals surface area (Å²) in [6.07, 6.45) is 0.936. The Hall–Kier alpha value is -3.24. The maximum Gasteiger partial charge on any atom is 0.322 e. The lowest BCUT2D eigenvalue weighted by Crippen LogP contribution is -2.22. The van der Waals surface area contributed by atoms with E-state index in [-0.39, 0.29) is 17.1 Å². The highest BCUT2D eigenvalue weighted by Crippen LogP contribution is 2.34. The Balaban J connectivity index is 1.79. The van der Waals surface area contributed by atoms with Crippen LogP contribution >= 0.6 is 27.3 Å². The van der Waals surface area contributed by atoms with Crippen molar-refractivity contribution in [3.63, 3.8) is 0 Å². The highest BCUT2D eigenvalue weighted by Gasteiger charge is 2.17. The molecule has 31 heavy (non-hydrogen) atoms. The van der Waals surface area contributed by atoms with E-state index in [0.717, 1.165) is 11.0 Å². The number of fused-ring (bicyclic) bond motifs is 3. The largest absolute Gasteiger partial charge is 0.490 e. The van der Waals surface area contributed by atoms with E-state index >= 15 is 0 Å². The molecule has 0 spiro atoms. The average Bonchev–Trinajstić information content (AvgIpc) is 3.21. The molecule has 0 aliphatic rings. The van der Waals surface area contributed by atoms with Gasteiger partial charge in [-0.2, -0.15) is 0 Å². The molecule has 0 unspecified atom stereocenters. The van der Waals surface area contributed by atoms with Crippen molar-refractivity contribution >= 4 is 61.3 Å². The summed E-state index contributed by atoms with van der Waals surface area (Å²) in [4.78, 5) is 40.5. The molecule has 0 radical (unpaired) electrons. The number of nitrogens with zero attached hydrogens (tertiary/aromatic N) is 2. The maximum atomic E-state index is 13.0. The summed E-state index contributed by atoms with van der Waals surface area (Å²) >= 11 is 4.68. The molecule has 4 rings (SSSR count). The number of hydrogen-bond donors (Lipinski definition) is 1. The predicted octanol–water partition coefficient (Wildman–Crippen LogP) is 3.00. The first-order chi connectivity index (χ1) is 14.9. The van der Waals surface area contributed by atoms with Crippen LogP contribution in [0, 0.1) is 0 Å². The van der Waals surface area contributed by atoms with Gasteiger partial charge in [-0.05, 0) is 42.8 Å². The normalized spacial score (nSPS) is 11.9. The van der Waals surface area contributed by atoms with Gasteiger partial charge in [0.25, 0.3) is 5.56 Å². The number of aromatic nitrogens is 2. The molecule has 1 N–H and O–H groups in total. The van der Waals surface area contributed by atoms with Gasteiger partial charge in [0.15, 0.2) is 16.5 Å². The molecule has 0 aliphatic carbocycles. The van der Waals surface area contributed by atoms with Crippen LogP contribution < -0.4 is 19.6 Å². The first-order valence-electron chi connectivity index (χ1n) is 9.18. The third-order valence-electron chi connectivity index (χ3n) is 4.31. The van der Waals surface area contributed by atoms with Crippen molar-refractivity contribution in [2.24, 2.45) is 0 Å². The van der Waals surface area contributed by atoms with Crippen molar-refractivity contribution < 1.29 is 24.2 Å². The monoisotopic (exact) mass is 502 g/mol. The van der Waals surface area contributed by atoms with Crippen molar-refractivity contribution in [2.45, 2.75) is 13.3 Å². The minimum Gasteiger partial charge on any atom is -0.490 e. The summed E-state index contributed by atoms with van der Waals surface area (Å²) in [6.45, 7) is 2.07. The zero-order valence-corrected chi connectivity index (χ0v) is 18.5. The third-order valence-corrected chi connectivity index (χ3v) is 5.97. The fraction of sp³-hybridized carbons (Fsp3) is 0.143. The second-order valence-corrected chi connectivity index (χ2v) is 8.30. The summed E-state index contributed by atoms with van der Waals surface area (Å²) in [5.74, 6) is -1.85. The van der Waals surface area contributed by atoms with Crippen LogP contribution in [0.5, 0.6) is 11.5 Å². The number of ether oxygens (including phenoxy) is 2. The molecular formula is C21H15BrN2O6S. The number of para-hydroxylation sites is 2. The molecule has 158 valence electrons. The minimum atomic E-state index is -1.29. The quantitative estimate of drug-likeness (QED) is 0.245. The lowest BCUT2D eigenvalue weighted by atomic mass is 10.2. The van der Waals surface area contributed by atoms with Crippen molar-refractivity contribution in [3.05, 3.63) is 61.3 Å². The molecule has 0 amide bonds. The van der Waals surface area contributed by atoms with Gasteiger partial charge in [0.2, 0.25) is 0 Å². The fourth-order valence-electron chi connectivity index (χ4n) is 3.04. The van der Waals surface area contributed by atoms with E-state index in [4.69, 9.17) is 14.6 Å². The van der Waals surface area contributed by atoms with Crippen molar-refractivity contribution in [3.8, 4) is 11.5 Å². The number of carboxylic acid groups (broad SMARTS) is 1. The molecule has 0 bridgehead atoms. The van der Waals surface area contributed by atoms with Gasteiger partial charge in [0.1, 0.15) is 6.42 Å². The highest BCUT2D eigenvalue weighted by atomic mass is 79.9. The Kier molecular flexibility index (Phi) is 5.75. The van der Waals surface area contributed by atoms with Crippen LogP contribution in [0.1, 0.15) is 18.9 Å². The maximum absolute atomic E-state index is 13.0. The van der Waals surface area contributed by atoms with Crippen LogP contribution in [0.25, 0.3) is 22.1 Å². The van der Waals surface area contributed by atoms with Gasteiger partial charge in [0, 0.05) is 4.47 Å². The molecule has 4 aromatic rings. The van der Waals surface area contributed by atoms with Crippen molar-refractivity contribution in [1.82, 2.24) is 9.38 Å². The summed E-state index contributed by atoms with van der Waals surface area (Å²) in [7, 11) is 0. The molecule has 0 fully saturated rings. The highest BCUT2D eigenvalue weighted by molar-refractivity contribution is 9.10. The second-order valence-electron chi connectivity index (χ2n) is 6.43. The molecule has 0 atom stereocenters. The zero-order valence-electron chi connectivity index (χ0n) is 16.1. The number of carbonyl (C=O) groups is 2. The first kappa shape index (κ1) is 21.0. The lowest BCUT2D eigenvalue weighted by molar-refractivity contribution is -0.145. The fourth-order valence-corrected chi connectivity index (χ4v) is 4.46. The summed E-state index contributed by atoms with van der Waals surface area (Å²) < 4.78 is 13.3. The van der Waals surface area contributed by atoms with E-state index in [0.29, 0.717) is 26.1 Å². The average molecular weight is 503 g/mol. The number of esters is 1. The van der Waals surface area contributed by atoms with Crippen LogP contribution in [0.4, 0.5) is 0 Å². The number of benzene rings is 2. The third kappa shape index (κ3) is 4.17. The van der Waals surface area contributed by atoms with Crippen LogP contribution in [0.3, 0.4) is 0 Å². The molecule has 0 aliphatic heterocycles. The SMILES string of the molecule is CCOc1cc(/C=c2\sc3nc4ccccc4n3c2=O)c(Br)cc1OC(=O)CC(=O)O. The summed E-state index contributed by atoms with van der Waals surface area (Å²) in [5.41, 5.74) is 1.95. The molecule has 10 heteroatoms. The molecule has 2 heterocycles. The number of aliphatic carboxylic acids is 1. The Labute approximate surface area is 187 Å². The van der Waals surface area contributed by atoms with Crippen molar-refractivity contribution in [1.29, 1.82) is 0 Å². The smallest absolute Gasteiger partial charge is 0.322 e. The topological polar surface area (TPSA) is 107 Å². The summed E-state index contributed by atoms with van der Waals surface area (Å²) in [6, 6.07) is 10.6. The minimum absolute atomic E-state index is 0.0893. The van der Waals surface area contributed by atoms with Gasteiger partial charge in [-0.1, -0.05) is 39.4 Å². The van der Waals surface area contributed by atoms with E-state index in [1.54, 1.807) is 23.5 Å². The second kappa shape index (κ2) is 8.48. The van der Waals surface area contributed by atoms with E-state index in [2.05, 4.69) is 20.9 Å². The Morgan fingerprint density at radius 2 is 2.03 bits per heavy atom. The van der Waals surface area contributed by atoms with Gasteiger partial charge < -0.3 is 14.6 Å². The number of hydrogen-bond acceptors (Lipinski definition) is 7. The van der Waals surface area contributed by atoms with Crippen LogP contribution in [-0.2, 0) is 9.59 Å². The van der Waals surface area contributed by atoms with Gasteiger partial charge >= 0.3 is 11.9 Å². The van der Waals surface area contributed by atoms with Gasteiger partial charge in [0.05, 0.1) is 22.2 Å². The van der Waals surface area contributed by atoms with Gasteiger partial charge in [-0.15, -0.1) is 0 Å². The Bertz CT molecular complexity index is 1440. The number of carbonyl (C=O) groups excluding carboxylic acids is 1. The number of halogens is 1. The molecule has 0 saturated heterocycles.